The molecule has 0 aliphatic rings. The number of anilines is 1. The van der Waals surface area contributed by atoms with E-state index in [1.54, 1.807) is 25.3 Å². The third-order valence-electron chi connectivity index (χ3n) is 3.78. The summed E-state index contributed by atoms with van der Waals surface area (Å²) in [7, 11) is 1.57. The van der Waals surface area contributed by atoms with E-state index in [2.05, 4.69) is 21.2 Å². The van der Waals surface area contributed by atoms with Crippen LogP contribution in [0.25, 0.3) is 0 Å². The van der Waals surface area contributed by atoms with E-state index in [9.17, 15) is 4.79 Å². The highest BCUT2D eigenvalue weighted by molar-refractivity contribution is 9.10. The summed E-state index contributed by atoms with van der Waals surface area (Å²) >= 11 is 3.39. The molecule has 3 aromatic carbocycles. The van der Waals surface area contributed by atoms with Gasteiger partial charge in [-0.2, -0.15) is 0 Å². The van der Waals surface area contributed by atoms with Crippen LogP contribution in [0, 0.1) is 0 Å². The highest BCUT2D eigenvalue weighted by atomic mass is 79.9. The molecule has 0 saturated heterocycles. The number of amides is 1. The Morgan fingerprint density at radius 2 is 1.65 bits per heavy atom. The second-order valence-corrected chi connectivity index (χ2v) is 6.45. The van der Waals surface area contributed by atoms with Gasteiger partial charge >= 0.3 is 0 Å². The average Bonchev–Trinajstić information content (AvgIpc) is 2.68. The van der Waals surface area contributed by atoms with E-state index in [1.807, 2.05) is 54.6 Å². The fraction of sp³-hybridized carbons (Fsp3) is 0.0952. The van der Waals surface area contributed by atoms with Gasteiger partial charge in [0.2, 0.25) is 0 Å². The van der Waals surface area contributed by atoms with Gasteiger partial charge in [0.25, 0.3) is 5.91 Å². The molecular formula is C21H18BrNO3. The Hall–Kier alpha value is -2.79. The minimum Gasteiger partial charge on any atom is -0.497 e. The molecule has 1 N–H and O–H groups in total. The molecule has 0 atom stereocenters. The van der Waals surface area contributed by atoms with Crippen molar-refractivity contribution in [2.45, 2.75) is 6.61 Å². The Morgan fingerprint density at radius 1 is 0.962 bits per heavy atom. The van der Waals surface area contributed by atoms with Crippen molar-refractivity contribution >= 4 is 27.5 Å². The van der Waals surface area contributed by atoms with Gasteiger partial charge in [-0.1, -0.05) is 30.3 Å². The van der Waals surface area contributed by atoms with Crippen LogP contribution in [0.5, 0.6) is 11.5 Å². The minimum atomic E-state index is -0.214. The first-order chi connectivity index (χ1) is 12.7. The highest BCUT2D eigenvalue weighted by Crippen LogP contribution is 2.24. The van der Waals surface area contributed by atoms with Crippen molar-refractivity contribution in [2.75, 3.05) is 12.4 Å². The molecule has 0 spiro atoms. The average molecular weight is 412 g/mol. The number of hydrogen-bond donors (Lipinski definition) is 1. The van der Waals surface area contributed by atoms with Gasteiger partial charge in [-0.05, 0) is 64.0 Å². The van der Waals surface area contributed by atoms with Crippen LogP contribution in [0.15, 0.2) is 77.3 Å². The van der Waals surface area contributed by atoms with E-state index < -0.39 is 0 Å². The molecular weight excluding hydrogens is 394 g/mol. The van der Waals surface area contributed by atoms with Crippen molar-refractivity contribution < 1.29 is 14.3 Å². The molecule has 0 aliphatic heterocycles. The number of ether oxygens (including phenoxy) is 2. The van der Waals surface area contributed by atoms with Gasteiger partial charge in [0, 0.05) is 10.2 Å². The molecule has 0 heterocycles. The fourth-order valence-corrected chi connectivity index (χ4v) is 2.81. The summed E-state index contributed by atoms with van der Waals surface area (Å²) in [6.45, 7) is 0.503. The number of rotatable bonds is 6. The van der Waals surface area contributed by atoms with Gasteiger partial charge in [-0.15, -0.1) is 0 Å². The standard InChI is InChI=1S/C21H18BrNO3/c1-25-18-11-12-20(22)19(13-18)21(24)23-16-7-9-17(10-8-16)26-14-15-5-3-2-4-6-15/h2-13H,14H2,1H3,(H,23,24). The normalized spacial score (nSPS) is 10.2. The summed E-state index contributed by atoms with van der Waals surface area (Å²) in [4.78, 5) is 12.5. The van der Waals surface area contributed by atoms with Crippen molar-refractivity contribution in [3.63, 3.8) is 0 Å². The van der Waals surface area contributed by atoms with E-state index in [0.717, 1.165) is 11.3 Å². The van der Waals surface area contributed by atoms with Crippen molar-refractivity contribution in [2.24, 2.45) is 0 Å². The number of benzene rings is 3. The van der Waals surface area contributed by atoms with Gasteiger partial charge in [0.15, 0.2) is 0 Å². The lowest BCUT2D eigenvalue weighted by Crippen LogP contribution is -2.12. The van der Waals surface area contributed by atoms with Gasteiger partial charge < -0.3 is 14.8 Å². The Balaban J connectivity index is 1.63. The van der Waals surface area contributed by atoms with Crippen LogP contribution in [0.3, 0.4) is 0 Å². The van der Waals surface area contributed by atoms with E-state index in [1.165, 1.54) is 0 Å². The van der Waals surface area contributed by atoms with E-state index in [0.29, 0.717) is 28.1 Å². The molecule has 0 bridgehead atoms. The molecule has 0 fully saturated rings. The van der Waals surface area contributed by atoms with Gasteiger partial charge in [0.1, 0.15) is 18.1 Å². The maximum Gasteiger partial charge on any atom is 0.256 e. The van der Waals surface area contributed by atoms with Crippen LogP contribution < -0.4 is 14.8 Å². The summed E-state index contributed by atoms with van der Waals surface area (Å²) in [6, 6.07) is 22.5. The van der Waals surface area contributed by atoms with Crippen LogP contribution in [0.2, 0.25) is 0 Å². The highest BCUT2D eigenvalue weighted by Gasteiger charge is 2.12. The number of halogens is 1. The lowest BCUT2D eigenvalue weighted by Gasteiger charge is -2.10. The predicted octanol–water partition coefficient (Wildman–Crippen LogP) is 5.29. The van der Waals surface area contributed by atoms with Crippen LogP contribution >= 0.6 is 15.9 Å². The zero-order valence-electron chi connectivity index (χ0n) is 14.2. The molecule has 0 aromatic heterocycles. The van der Waals surface area contributed by atoms with E-state index >= 15 is 0 Å². The molecule has 0 radical (unpaired) electrons. The minimum absolute atomic E-state index is 0.214. The quantitative estimate of drug-likeness (QED) is 0.599. The maximum absolute atomic E-state index is 12.5. The third-order valence-corrected chi connectivity index (χ3v) is 4.47. The van der Waals surface area contributed by atoms with Gasteiger partial charge in [-0.3, -0.25) is 4.79 Å². The fourth-order valence-electron chi connectivity index (χ4n) is 2.38. The van der Waals surface area contributed by atoms with E-state index in [-0.39, 0.29) is 5.91 Å². The monoisotopic (exact) mass is 411 g/mol. The van der Waals surface area contributed by atoms with Crippen molar-refractivity contribution in [1.29, 1.82) is 0 Å². The first kappa shape index (κ1) is 18.0. The molecule has 0 saturated carbocycles. The van der Waals surface area contributed by atoms with Crippen LogP contribution in [0.4, 0.5) is 5.69 Å². The molecule has 0 aliphatic carbocycles. The molecule has 0 unspecified atom stereocenters. The lowest BCUT2D eigenvalue weighted by atomic mass is 10.2. The number of nitrogens with one attached hydrogen (secondary N) is 1. The Bertz CT molecular complexity index is 880. The molecule has 5 heteroatoms. The topological polar surface area (TPSA) is 47.6 Å². The third kappa shape index (κ3) is 4.64. The molecule has 3 aromatic rings. The van der Waals surface area contributed by atoms with Crippen LogP contribution in [-0.4, -0.2) is 13.0 Å². The van der Waals surface area contributed by atoms with Gasteiger partial charge in [0.05, 0.1) is 12.7 Å². The smallest absolute Gasteiger partial charge is 0.256 e. The summed E-state index contributed by atoms with van der Waals surface area (Å²) in [5, 5.41) is 2.87. The van der Waals surface area contributed by atoms with Crippen molar-refractivity contribution in [3.8, 4) is 11.5 Å². The number of hydrogen-bond acceptors (Lipinski definition) is 3. The van der Waals surface area contributed by atoms with Crippen LogP contribution in [0.1, 0.15) is 15.9 Å². The summed E-state index contributed by atoms with van der Waals surface area (Å²) < 4.78 is 11.6. The zero-order valence-corrected chi connectivity index (χ0v) is 15.8. The Labute approximate surface area is 160 Å². The summed E-state index contributed by atoms with van der Waals surface area (Å²) in [6.07, 6.45) is 0. The van der Waals surface area contributed by atoms with Gasteiger partial charge in [-0.25, -0.2) is 0 Å². The SMILES string of the molecule is COc1ccc(Br)c(C(=O)Nc2ccc(OCc3ccccc3)cc2)c1. The predicted molar refractivity (Wildman–Crippen MR) is 106 cm³/mol. The first-order valence-corrected chi connectivity index (χ1v) is 8.86. The maximum atomic E-state index is 12.5. The Kier molecular flexibility index (Phi) is 5.92. The van der Waals surface area contributed by atoms with Crippen molar-refractivity contribution in [3.05, 3.63) is 88.4 Å². The Morgan fingerprint density at radius 3 is 2.35 bits per heavy atom. The van der Waals surface area contributed by atoms with Crippen molar-refractivity contribution in [1.82, 2.24) is 0 Å². The lowest BCUT2D eigenvalue weighted by molar-refractivity contribution is 0.102. The summed E-state index contributed by atoms with van der Waals surface area (Å²) in [5.74, 6) is 1.16. The second kappa shape index (κ2) is 8.54. The zero-order chi connectivity index (χ0) is 18.4. The summed E-state index contributed by atoms with van der Waals surface area (Å²) in [5.41, 5.74) is 2.30. The molecule has 26 heavy (non-hydrogen) atoms. The molecule has 4 nitrogen and oxygen atoms in total. The molecule has 3 rings (SSSR count). The largest absolute Gasteiger partial charge is 0.497 e. The second-order valence-electron chi connectivity index (χ2n) is 5.60. The first-order valence-electron chi connectivity index (χ1n) is 8.07. The number of methoxy groups -OCH3 is 1. The molecule has 1 amide bonds. The number of carbonyl (C=O) groups excluding carboxylic acids is 1. The van der Waals surface area contributed by atoms with Crippen LogP contribution in [-0.2, 0) is 6.61 Å². The van der Waals surface area contributed by atoms with E-state index in [4.69, 9.17) is 9.47 Å². The number of carbonyl (C=O) groups is 1. The molecule has 132 valence electrons.